The third kappa shape index (κ3) is 3.09. The van der Waals surface area contributed by atoms with Crippen molar-refractivity contribution in [3.63, 3.8) is 0 Å². The molecule has 202 valence electrons. The third-order valence-electron chi connectivity index (χ3n) is 10.7. The minimum absolute atomic E-state index is 0.00347. The number of carbonyl (C=O) groups excluding carboxylic acids is 2. The van der Waals surface area contributed by atoms with Crippen LogP contribution in [0.1, 0.15) is 58.8 Å². The topological polar surface area (TPSA) is 174 Å². The first-order chi connectivity index (χ1) is 16.8. The van der Waals surface area contributed by atoms with Gasteiger partial charge in [-0.1, -0.05) is 19.9 Å². The van der Waals surface area contributed by atoms with Gasteiger partial charge in [0, 0.05) is 11.3 Å². The van der Waals surface area contributed by atoms with Crippen molar-refractivity contribution in [1.82, 2.24) is 0 Å². The van der Waals surface area contributed by atoms with Gasteiger partial charge in [0.1, 0.15) is 24.4 Å². The Kier molecular flexibility index (Phi) is 6.04. The van der Waals surface area contributed by atoms with Crippen LogP contribution in [-0.4, -0.2) is 91.4 Å². The first kappa shape index (κ1) is 26.2. The predicted octanol–water partition coefficient (Wildman–Crippen LogP) is -0.437. The van der Waals surface area contributed by atoms with Gasteiger partial charge in [0.15, 0.2) is 5.78 Å². The van der Waals surface area contributed by atoms with Crippen molar-refractivity contribution in [2.24, 2.45) is 28.1 Å². The van der Waals surface area contributed by atoms with Crippen molar-refractivity contribution < 1.29 is 49.7 Å². The highest BCUT2D eigenvalue weighted by Gasteiger charge is 2.77. The van der Waals surface area contributed by atoms with Crippen molar-refractivity contribution in [3.8, 4) is 0 Å². The molecule has 10 heteroatoms. The monoisotopic (exact) mass is 510 g/mol. The number of aliphatic hydroxyl groups is 6. The minimum atomic E-state index is -1.74. The molecule has 12 atom stereocenters. The summed E-state index contributed by atoms with van der Waals surface area (Å²) >= 11 is 0. The lowest BCUT2D eigenvalue weighted by Crippen LogP contribution is -2.73. The van der Waals surface area contributed by atoms with Gasteiger partial charge >= 0.3 is 5.97 Å². The Balaban J connectivity index is 1.48. The smallest absolute Gasteiger partial charge is 0.314 e. The maximum absolute atomic E-state index is 13.7. The standard InChI is InChI=1S/C26H38O10/c1-12-13-5-8-26(34)24(3)7-4-6-23(2,19(24)14(28)10-25(26,9-13)20(12)32)22(33)36-21-18(31)17(30)16(29)15(11-27)35-21/h13-19,21,27-31,34H,1,4-11H2,2-3H3/t13-,14-,15+,16+,17-,18+,19-,21-,23+,24-,25-,26-/m0/s1. The molecule has 5 aliphatic rings. The van der Waals surface area contributed by atoms with Gasteiger partial charge in [-0.15, -0.1) is 0 Å². The summed E-state index contributed by atoms with van der Waals surface area (Å²) in [4.78, 5) is 27.2. The fourth-order valence-corrected chi connectivity index (χ4v) is 8.82. The largest absolute Gasteiger partial charge is 0.432 e. The van der Waals surface area contributed by atoms with Gasteiger partial charge in [-0.05, 0) is 56.9 Å². The maximum Gasteiger partial charge on any atom is 0.314 e. The predicted molar refractivity (Wildman–Crippen MR) is 123 cm³/mol. The average Bonchev–Trinajstić information content (AvgIpc) is 3.03. The normalized spacial score (nSPS) is 54.6. The molecule has 0 amide bonds. The highest BCUT2D eigenvalue weighted by Crippen LogP contribution is 2.72. The van der Waals surface area contributed by atoms with E-state index in [0.29, 0.717) is 44.1 Å². The molecule has 2 bridgehead atoms. The minimum Gasteiger partial charge on any atom is -0.432 e. The molecule has 0 aromatic heterocycles. The van der Waals surface area contributed by atoms with Crippen molar-refractivity contribution in [3.05, 3.63) is 12.2 Å². The van der Waals surface area contributed by atoms with Gasteiger partial charge in [-0.3, -0.25) is 9.59 Å². The summed E-state index contributed by atoms with van der Waals surface area (Å²) in [6.07, 6.45) is -6.11. The van der Waals surface area contributed by atoms with E-state index in [0.717, 1.165) is 0 Å². The quantitative estimate of drug-likeness (QED) is 0.216. The van der Waals surface area contributed by atoms with Crippen LogP contribution >= 0.6 is 0 Å². The van der Waals surface area contributed by atoms with E-state index in [-0.39, 0.29) is 18.1 Å². The first-order valence-corrected chi connectivity index (χ1v) is 12.9. The molecule has 0 aromatic carbocycles. The molecule has 4 saturated carbocycles. The summed E-state index contributed by atoms with van der Waals surface area (Å²) in [6.45, 7) is 6.84. The van der Waals surface area contributed by atoms with Crippen molar-refractivity contribution in [1.29, 1.82) is 0 Å². The number of hydrogen-bond acceptors (Lipinski definition) is 10. The Labute approximate surface area is 209 Å². The zero-order valence-corrected chi connectivity index (χ0v) is 20.8. The summed E-state index contributed by atoms with van der Waals surface area (Å²) in [5.74, 6) is -1.71. The number of ketones is 1. The number of aliphatic hydroxyl groups excluding tert-OH is 5. The second-order valence-corrected chi connectivity index (χ2v) is 12.3. The summed E-state index contributed by atoms with van der Waals surface area (Å²) in [5.41, 5.74) is -4.31. The van der Waals surface area contributed by atoms with Crippen molar-refractivity contribution in [2.75, 3.05) is 6.61 Å². The number of carbonyl (C=O) groups is 2. The van der Waals surface area contributed by atoms with Crippen LogP contribution in [-0.2, 0) is 19.1 Å². The Morgan fingerprint density at radius 2 is 1.78 bits per heavy atom. The third-order valence-corrected chi connectivity index (χ3v) is 10.7. The van der Waals surface area contributed by atoms with E-state index in [1.54, 1.807) is 6.92 Å². The molecule has 5 rings (SSSR count). The second-order valence-electron chi connectivity index (χ2n) is 12.3. The van der Waals surface area contributed by atoms with Crippen LogP contribution in [0, 0.1) is 28.1 Å². The van der Waals surface area contributed by atoms with Crippen molar-refractivity contribution >= 4 is 11.8 Å². The number of hydrogen-bond donors (Lipinski definition) is 6. The molecule has 0 radical (unpaired) electrons. The number of rotatable bonds is 3. The molecule has 0 aromatic rings. The number of allylic oxidation sites excluding steroid dienone is 1. The van der Waals surface area contributed by atoms with E-state index in [1.165, 1.54) is 0 Å². The van der Waals surface area contributed by atoms with Crippen LogP contribution in [0.2, 0.25) is 0 Å². The van der Waals surface area contributed by atoms with Crippen LogP contribution in [0.15, 0.2) is 12.2 Å². The lowest BCUT2D eigenvalue weighted by atomic mass is 9.38. The van der Waals surface area contributed by atoms with Gasteiger partial charge in [-0.2, -0.15) is 0 Å². The Morgan fingerprint density at radius 3 is 2.44 bits per heavy atom. The summed E-state index contributed by atoms with van der Waals surface area (Å²) in [5, 5.41) is 63.9. The molecule has 1 aliphatic heterocycles. The molecule has 5 fully saturated rings. The summed E-state index contributed by atoms with van der Waals surface area (Å²) < 4.78 is 10.9. The van der Waals surface area contributed by atoms with Crippen LogP contribution < -0.4 is 0 Å². The number of esters is 1. The molecule has 1 saturated heterocycles. The van der Waals surface area contributed by atoms with E-state index in [4.69, 9.17) is 9.47 Å². The zero-order valence-electron chi connectivity index (χ0n) is 20.8. The SMILES string of the molecule is C=C1C(=O)[C@@]23C[C@@H]1CC[C@]2(O)[C@@]1(C)CCC[C@@](C)(C(=O)O[C@@H]2O[C@H](CO)[C@@H](O)[C@H](O)[C@H]2O)[C@@H]1[C@@H](O)C3. The van der Waals surface area contributed by atoms with E-state index in [2.05, 4.69) is 6.58 Å². The summed E-state index contributed by atoms with van der Waals surface area (Å²) in [7, 11) is 0. The van der Waals surface area contributed by atoms with Gasteiger partial charge < -0.3 is 40.1 Å². The Morgan fingerprint density at radius 1 is 1.08 bits per heavy atom. The molecule has 4 aliphatic carbocycles. The van der Waals surface area contributed by atoms with E-state index in [9.17, 15) is 40.2 Å². The van der Waals surface area contributed by atoms with E-state index in [1.807, 2.05) is 6.92 Å². The van der Waals surface area contributed by atoms with Gasteiger partial charge in [0.25, 0.3) is 0 Å². The summed E-state index contributed by atoms with van der Waals surface area (Å²) in [6, 6.07) is 0. The molecule has 6 N–H and O–H groups in total. The van der Waals surface area contributed by atoms with E-state index >= 15 is 0 Å². The molecule has 0 unspecified atom stereocenters. The van der Waals surface area contributed by atoms with Crippen LogP contribution in [0.5, 0.6) is 0 Å². The second kappa shape index (κ2) is 8.30. The number of ether oxygens (including phenoxy) is 2. The number of fused-ring (bicyclic) bond motifs is 3. The van der Waals surface area contributed by atoms with Gasteiger partial charge in [-0.25, -0.2) is 0 Å². The molecular weight excluding hydrogens is 472 g/mol. The molecule has 36 heavy (non-hydrogen) atoms. The van der Waals surface area contributed by atoms with Crippen molar-refractivity contribution in [2.45, 2.75) is 101 Å². The zero-order chi connectivity index (χ0) is 26.4. The fraction of sp³-hybridized carbons (Fsp3) is 0.846. The average molecular weight is 511 g/mol. The molecule has 1 heterocycles. The highest BCUT2D eigenvalue weighted by atomic mass is 16.7. The fourth-order valence-electron chi connectivity index (χ4n) is 8.82. The Hall–Kier alpha value is -1.40. The van der Waals surface area contributed by atoms with Crippen LogP contribution in [0.3, 0.4) is 0 Å². The van der Waals surface area contributed by atoms with E-state index < -0.39 is 77.1 Å². The molecular formula is C26H38O10. The molecule has 10 nitrogen and oxygen atoms in total. The van der Waals surface area contributed by atoms with Crippen LogP contribution in [0.4, 0.5) is 0 Å². The Bertz CT molecular complexity index is 966. The lowest BCUT2D eigenvalue weighted by Gasteiger charge is -2.68. The number of Topliss-reactive ketones (excluding diaryl/α,β-unsaturated/α-hetero) is 1. The van der Waals surface area contributed by atoms with Gasteiger partial charge in [0.2, 0.25) is 6.29 Å². The maximum atomic E-state index is 13.7. The highest BCUT2D eigenvalue weighted by molar-refractivity contribution is 6.04. The first-order valence-electron chi connectivity index (χ1n) is 12.9. The van der Waals surface area contributed by atoms with Gasteiger partial charge in [0.05, 0.1) is 29.1 Å². The lowest BCUT2D eigenvalue weighted by molar-refractivity contribution is -0.306. The molecule has 1 spiro atoms. The van der Waals surface area contributed by atoms with Crippen LogP contribution in [0.25, 0.3) is 0 Å².